The van der Waals surface area contributed by atoms with Gasteiger partial charge < -0.3 is 10.1 Å². The van der Waals surface area contributed by atoms with Crippen LogP contribution >= 0.6 is 34.2 Å². The summed E-state index contributed by atoms with van der Waals surface area (Å²) in [4.78, 5) is 4.29. The number of rotatable bonds is 5. The average Bonchev–Trinajstić information content (AvgIpc) is 2.78. The number of methoxy groups -OCH3 is 1. The van der Waals surface area contributed by atoms with Crippen LogP contribution in [0.25, 0.3) is 5.69 Å². The second-order valence-corrected chi connectivity index (χ2v) is 5.23. The smallest absolute Gasteiger partial charge is 0.207 e. The van der Waals surface area contributed by atoms with E-state index >= 15 is 0 Å². The van der Waals surface area contributed by atoms with Gasteiger partial charge in [-0.05, 0) is 40.8 Å². The number of halogens is 2. The number of imidazole rings is 1. The molecule has 1 aromatic heterocycles. The highest BCUT2D eigenvalue weighted by molar-refractivity contribution is 14.1. The normalized spacial score (nSPS) is 10.6. The quantitative estimate of drug-likeness (QED) is 0.642. The summed E-state index contributed by atoms with van der Waals surface area (Å²) in [6, 6.07) is 5.78. The van der Waals surface area contributed by atoms with Crippen LogP contribution in [0, 0.1) is 3.57 Å². The first kappa shape index (κ1) is 13.6. The summed E-state index contributed by atoms with van der Waals surface area (Å²) >= 11 is 8.22. The lowest BCUT2D eigenvalue weighted by Crippen LogP contribution is -2.12. The predicted molar refractivity (Wildman–Crippen MR) is 81.7 cm³/mol. The highest BCUT2D eigenvalue weighted by atomic mass is 127. The molecule has 0 bridgehead atoms. The van der Waals surface area contributed by atoms with E-state index in [1.165, 1.54) is 0 Å². The van der Waals surface area contributed by atoms with Crippen molar-refractivity contribution in [2.45, 2.75) is 0 Å². The molecule has 0 atom stereocenters. The molecule has 1 heterocycles. The molecule has 2 aromatic rings. The van der Waals surface area contributed by atoms with Gasteiger partial charge in [0.1, 0.15) is 0 Å². The Morgan fingerprint density at radius 3 is 3.06 bits per heavy atom. The Labute approximate surface area is 124 Å². The van der Waals surface area contributed by atoms with Gasteiger partial charge in [-0.3, -0.25) is 4.57 Å². The molecule has 0 amide bonds. The van der Waals surface area contributed by atoms with Crippen molar-refractivity contribution in [3.05, 3.63) is 39.2 Å². The second-order valence-electron chi connectivity index (χ2n) is 3.64. The third-order valence-corrected chi connectivity index (χ3v) is 3.50. The Morgan fingerprint density at radius 2 is 2.33 bits per heavy atom. The molecule has 0 fully saturated rings. The van der Waals surface area contributed by atoms with Crippen LogP contribution in [0.3, 0.4) is 0 Å². The molecule has 18 heavy (non-hydrogen) atoms. The number of hydrogen-bond donors (Lipinski definition) is 1. The number of hydrogen-bond acceptors (Lipinski definition) is 3. The van der Waals surface area contributed by atoms with E-state index in [0.29, 0.717) is 6.61 Å². The van der Waals surface area contributed by atoms with Crippen molar-refractivity contribution in [3.63, 3.8) is 0 Å². The molecule has 0 saturated carbocycles. The minimum absolute atomic E-state index is 0.643. The summed E-state index contributed by atoms with van der Waals surface area (Å²) < 4.78 is 8.08. The first-order valence-electron chi connectivity index (χ1n) is 5.44. The van der Waals surface area contributed by atoms with E-state index in [0.717, 1.165) is 26.8 Å². The van der Waals surface area contributed by atoms with Crippen molar-refractivity contribution in [2.24, 2.45) is 0 Å². The van der Waals surface area contributed by atoms with Gasteiger partial charge in [-0.2, -0.15) is 0 Å². The maximum absolute atomic E-state index is 5.96. The van der Waals surface area contributed by atoms with Gasteiger partial charge in [0.15, 0.2) is 0 Å². The topological polar surface area (TPSA) is 39.1 Å². The molecule has 0 radical (unpaired) electrons. The lowest BCUT2D eigenvalue weighted by atomic mass is 10.3. The SMILES string of the molecule is COCCNc1nccn1-c1ccc(Cl)cc1I. The molecule has 0 unspecified atom stereocenters. The second kappa shape index (κ2) is 6.40. The lowest BCUT2D eigenvalue weighted by Gasteiger charge is -2.11. The van der Waals surface area contributed by atoms with Gasteiger partial charge >= 0.3 is 0 Å². The first-order chi connectivity index (χ1) is 8.72. The molecular weight excluding hydrogens is 365 g/mol. The lowest BCUT2D eigenvalue weighted by molar-refractivity contribution is 0.210. The number of aromatic nitrogens is 2. The molecular formula is C12H13ClIN3O. The van der Waals surface area contributed by atoms with Crippen molar-refractivity contribution in [1.82, 2.24) is 9.55 Å². The molecule has 0 aliphatic carbocycles. The van der Waals surface area contributed by atoms with E-state index in [-0.39, 0.29) is 0 Å². The van der Waals surface area contributed by atoms with Crippen LogP contribution in [0.4, 0.5) is 5.95 Å². The maximum Gasteiger partial charge on any atom is 0.207 e. The summed E-state index contributed by atoms with van der Waals surface area (Å²) in [5.74, 6) is 0.798. The van der Waals surface area contributed by atoms with Crippen molar-refractivity contribution in [2.75, 3.05) is 25.6 Å². The Morgan fingerprint density at radius 1 is 1.50 bits per heavy atom. The highest BCUT2D eigenvalue weighted by Crippen LogP contribution is 2.23. The fourth-order valence-corrected chi connectivity index (χ4v) is 2.70. The number of anilines is 1. The number of nitrogens with one attached hydrogen (secondary N) is 1. The van der Waals surface area contributed by atoms with Crippen molar-refractivity contribution >= 4 is 40.1 Å². The van der Waals surface area contributed by atoms with Gasteiger partial charge in [0, 0.05) is 34.6 Å². The monoisotopic (exact) mass is 377 g/mol. The van der Waals surface area contributed by atoms with Gasteiger partial charge in [0.25, 0.3) is 0 Å². The van der Waals surface area contributed by atoms with Crippen LogP contribution < -0.4 is 5.32 Å². The van der Waals surface area contributed by atoms with Gasteiger partial charge in [0.05, 0.1) is 12.3 Å². The fourth-order valence-electron chi connectivity index (χ4n) is 1.57. The van der Waals surface area contributed by atoms with Crippen LogP contribution in [0.2, 0.25) is 5.02 Å². The molecule has 0 aliphatic rings. The molecule has 6 heteroatoms. The van der Waals surface area contributed by atoms with E-state index < -0.39 is 0 Å². The molecule has 0 aliphatic heterocycles. The van der Waals surface area contributed by atoms with Crippen LogP contribution in [0.15, 0.2) is 30.6 Å². The Bertz CT molecular complexity index is 530. The Balaban J connectivity index is 2.25. The number of benzene rings is 1. The zero-order chi connectivity index (χ0) is 13.0. The minimum atomic E-state index is 0.643. The Kier molecular flexibility index (Phi) is 4.85. The summed E-state index contributed by atoms with van der Waals surface area (Å²) in [5, 5.41) is 3.96. The molecule has 1 N–H and O–H groups in total. The third-order valence-electron chi connectivity index (χ3n) is 2.40. The van der Waals surface area contributed by atoms with E-state index in [1.807, 2.05) is 29.0 Å². The van der Waals surface area contributed by atoms with Gasteiger partial charge in [-0.25, -0.2) is 4.98 Å². The standard InChI is InChI=1S/C12H13ClIN3O/c1-18-7-5-16-12-15-4-6-17(12)11-3-2-9(13)8-10(11)14/h2-4,6,8H,5,7H2,1H3,(H,15,16). The molecule has 2 rings (SSSR count). The van der Waals surface area contributed by atoms with Crippen LogP contribution in [-0.2, 0) is 4.74 Å². The summed E-state index contributed by atoms with van der Waals surface area (Å²) in [6.45, 7) is 1.36. The molecule has 0 saturated heterocycles. The number of ether oxygens (including phenoxy) is 1. The van der Waals surface area contributed by atoms with Gasteiger partial charge in [-0.15, -0.1) is 0 Å². The van der Waals surface area contributed by atoms with E-state index in [9.17, 15) is 0 Å². The van der Waals surface area contributed by atoms with Crippen LogP contribution in [0.5, 0.6) is 0 Å². The number of nitrogens with zero attached hydrogens (tertiary/aromatic N) is 2. The summed E-state index contributed by atoms with van der Waals surface area (Å²) in [6.07, 6.45) is 3.68. The highest BCUT2D eigenvalue weighted by Gasteiger charge is 2.07. The largest absolute Gasteiger partial charge is 0.383 e. The minimum Gasteiger partial charge on any atom is -0.383 e. The van der Waals surface area contributed by atoms with Crippen molar-refractivity contribution < 1.29 is 4.74 Å². The zero-order valence-corrected chi connectivity index (χ0v) is 12.8. The van der Waals surface area contributed by atoms with E-state index in [1.54, 1.807) is 13.3 Å². The van der Waals surface area contributed by atoms with Crippen molar-refractivity contribution in [1.29, 1.82) is 0 Å². The maximum atomic E-state index is 5.96. The van der Waals surface area contributed by atoms with Crippen LogP contribution in [0.1, 0.15) is 0 Å². The Hall–Kier alpha value is -0.790. The van der Waals surface area contributed by atoms with Crippen LogP contribution in [-0.4, -0.2) is 29.8 Å². The van der Waals surface area contributed by atoms with E-state index in [2.05, 4.69) is 32.9 Å². The molecule has 96 valence electrons. The van der Waals surface area contributed by atoms with Gasteiger partial charge in [-0.1, -0.05) is 11.6 Å². The first-order valence-corrected chi connectivity index (χ1v) is 6.89. The van der Waals surface area contributed by atoms with Gasteiger partial charge in [0.2, 0.25) is 5.95 Å². The molecule has 4 nitrogen and oxygen atoms in total. The van der Waals surface area contributed by atoms with E-state index in [4.69, 9.17) is 16.3 Å². The van der Waals surface area contributed by atoms with Crippen molar-refractivity contribution in [3.8, 4) is 5.69 Å². The summed E-state index contributed by atoms with van der Waals surface area (Å²) in [5.41, 5.74) is 1.05. The predicted octanol–water partition coefficient (Wildman–Crippen LogP) is 3.19. The zero-order valence-electron chi connectivity index (χ0n) is 9.86. The third kappa shape index (κ3) is 3.15. The molecule has 1 aromatic carbocycles. The molecule has 0 spiro atoms. The summed E-state index contributed by atoms with van der Waals surface area (Å²) in [7, 11) is 1.68. The fraction of sp³-hybridized carbons (Fsp3) is 0.250. The average molecular weight is 378 g/mol.